The van der Waals surface area contributed by atoms with Crippen molar-refractivity contribution < 1.29 is 4.79 Å². The summed E-state index contributed by atoms with van der Waals surface area (Å²) < 4.78 is 0. The van der Waals surface area contributed by atoms with Crippen LogP contribution in [-0.2, 0) is 6.42 Å². The van der Waals surface area contributed by atoms with Crippen LogP contribution < -0.4 is 4.90 Å². The van der Waals surface area contributed by atoms with Crippen molar-refractivity contribution in [3.63, 3.8) is 0 Å². The standard InChI is InChI=1S/C20H23ClN4O/c1-2-14-3-5-16(6-4-14)20(26)25-11-9-24(10-12-25)18-13-17(21)22-19(23-18)15-7-8-15/h3-6,13,15H,2,7-12H2,1H3. The topological polar surface area (TPSA) is 49.3 Å². The number of anilines is 1. The van der Waals surface area contributed by atoms with Gasteiger partial charge in [0.1, 0.15) is 16.8 Å². The van der Waals surface area contributed by atoms with E-state index >= 15 is 0 Å². The molecule has 6 heteroatoms. The van der Waals surface area contributed by atoms with E-state index in [1.807, 2.05) is 35.2 Å². The van der Waals surface area contributed by atoms with Crippen molar-refractivity contribution in [1.29, 1.82) is 0 Å². The summed E-state index contributed by atoms with van der Waals surface area (Å²) in [7, 11) is 0. The minimum absolute atomic E-state index is 0.103. The van der Waals surface area contributed by atoms with Gasteiger partial charge >= 0.3 is 0 Å². The summed E-state index contributed by atoms with van der Waals surface area (Å²) >= 11 is 6.18. The van der Waals surface area contributed by atoms with E-state index in [9.17, 15) is 4.79 Å². The average molecular weight is 371 g/mol. The summed E-state index contributed by atoms with van der Waals surface area (Å²) in [6, 6.07) is 9.76. The second kappa shape index (κ2) is 7.23. The Labute approximate surface area is 159 Å². The number of aryl methyl sites for hydroxylation is 1. The third kappa shape index (κ3) is 3.68. The SMILES string of the molecule is CCc1ccc(C(=O)N2CCN(c3cc(Cl)nc(C4CC4)n3)CC2)cc1. The normalized spacial score (nSPS) is 17.5. The van der Waals surface area contributed by atoms with Gasteiger partial charge in [0.2, 0.25) is 0 Å². The molecule has 136 valence electrons. The lowest BCUT2D eigenvalue weighted by Gasteiger charge is -2.35. The predicted molar refractivity (Wildman–Crippen MR) is 103 cm³/mol. The van der Waals surface area contributed by atoms with Crippen molar-refractivity contribution in [3.05, 3.63) is 52.4 Å². The van der Waals surface area contributed by atoms with Gasteiger partial charge in [-0.05, 0) is 37.0 Å². The van der Waals surface area contributed by atoms with Crippen molar-refractivity contribution in [2.24, 2.45) is 0 Å². The highest BCUT2D eigenvalue weighted by Gasteiger charge is 2.29. The summed E-state index contributed by atoms with van der Waals surface area (Å²) in [5.41, 5.74) is 2.01. The summed E-state index contributed by atoms with van der Waals surface area (Å²) in [4.78, 5) is 25.9. The fourth-order valence-electron chi connectivity index (χ4n) is 3.31. The molecule has 0 radical (unpaired) electrons. The van der Waals surface area contributed by atoms with Crippen LogP contribution in [0.15, 0.2) is 30.3 Å². The largest absolute Gasteiger partial charge is 0.353 e. The van der Waals surface area contributed by atoms with Gasteiger partial charge in [0.25, 0.3) is 5.91 Å². The molecule has 1 saturated heterocycles. The van der Waals surface area contributed by atoms with E-state index in [1.54, 1.807) is 0 Å². The van der Waals surface area contributed by atoms with Crippen LogP contribution in [-0.4, -0.2) is 47.0 Å². The first-order valence-electron chi connectivity index (χ1n) is 9.31. The first kappa shape index (κ1) is 17.3. The lowest BCUT2D eigenvalue weighted by Crippen LogP contribution is -2.49. The monoisotopic (exact) mass is 370 g/mol. The average Bonchev–Trinajstić information content (AvgIpc) is 3.52. The number of piperazine rings is 1. The number of hydrogen-bond acceptors (Lipinski definition) is 4. The maximum absolute atomic E-state index is 12.7. The van der Waals surface area contributed by atoms with Crippen LogP contribution >= 0.6 is 11.6 Å². The maximum Gasteiger partial charge on any atom is 0.253 e. The Hall–Kier alpha value is -2.14. The molecule has 1 saturated carbocycles. The number of hydrogen-bond donors (Lipinski definition) is 0. The van der Waals surface area contributed by atoms with Crippen LogP contribution in [0.5, 0.6) is 0 Å². The highest BCUT2D eigenvalue weighted by atomic mass is 35.5. The van der Waals surface area contributed by atoms with Crippen molar-refractivity contribution in [1.82, 2.24) is 14.9 Å². The Morgan fingerprint density at radius 1 is 1.12 bits per heavy atom. The molecular weight excluding hydrogens is 348 g/mol. The van der Waals surface area contributed by atoms with Crippen LogP contribution in [0.4, 0.5) is 5.82 Å². The van der Waals surface area contributed by atoms with Crippen LogP contribution in [0.25, 0.3) is 0 Å². The zero-order valence-corrected chi connectivity index (χ0v) is 15.7. The summed E-state index contributed by atoms with van der Waals surface area (Å²) in [6.07, 6.45) is 3.29. The fourth-order valence-corrected chi connectivity index (χ4v) is 3.50. The Morgan fingerprint density at radius 3 is 2.42 bits per heavy atom. The minimum Gasteiger partial charge on any atom is -0.353 e. The molecule has 2 fully saturated rings. The van der Waals surface area contributed by atoms with Gasteiger partial charge in [-0.2, -0.15) is 0 Å². The van der Waals surface area contributed by atoms with Gasteiger partial charge in [0.15, 0.2) is 0 Å². The van der Waals surface area contributed by atoms with Gasteiger partial charge in [0, 0.05) is 43.7 Å². The minimum atomic E-state index is 0.103. The number of amides is 1. The van der Waals surface area contributed by atoms with E-state index in [0.29, 0.717) is 24.2 Å². The first-order chi connectivity index (χ1) is 12.6. The quantitative estimate of drug-likeness (QED) is 0.772. The number of nitrogens with zero attached hydrogens (tertiary/aromatic N) is 4. The molecule has 0 spiro atoms. The van der Waals surface area contributed by atoms with Gasteiger partial charge < -0.3 is 9.80 Å². The van der Waals surface area contributed by atoms with Gasteiger partial charge in [0.05, 0.1) is 0 Å². The van der Waals surface area contributed by atoms with Gasteiger partial charge in [-0.1, -0.05) is 30.7 Å². The van der Waals surface area contributed by atoms with Gasteiger partial charge in [-0.3, -0.25) is 4.79 Å². The van der Waals surface area contributed by atoms with E-state index in [2.05, 4.69) is 16.8 Å². The van der Waals surface area contributed by atoms with E-state index in [0.717, 1.165) is 49.6 Å². The molecule has 0 atom stereocenters. The first-order valence-corrected chi connectivity index (χ1v) is 9.69. The molecule has 26 heavy (non-hydrogen) atoms. The molecule has 5 nitrogen and oxygen atoms in total. The molecule has 0 N–H and O–H groups in total. The number of aromatic nitrogens is 2. The zero-order valence-electron chi connectivity index (χ0n) is 15.0. The number of halogens is 1. The number of rotatable bonds is 4. The second-order valence-electron chi connectivity index (χ2n) is 7.01. The third-order valence-electron chi connectivity index (χ3n) is 5.14. The molecule has 1 amide bonds. The molecule has 2 aromatic rings. The lowest BCUT2D eigenvalue weighted by molar-refractivity contribution is 0.0746. The molecule has 1 aliphatic carbocycles. The van der Waals surface area contributed by atoms with Crippen LogP contribution in [0.1, 0.15) is 47.4 Å². The Balaban J connectivity index is 1.41. The van der Waals surface area contributed by atoms with Crippen molar-refractivity contribution in [2.75, 3.05) is 31.1 Å². The second-order valence-corrected chi connectivity index (χ2v) is 7.40. The van der Waals surface area contributed by atoms with E-state index in [1.165, 1.54) is 5.56 Å². The van der Waals surface area contributed by atoms with Crippen LogP contribution in [0, 0.1) is 0 Å². The molecule has 1 aromatic heterocycles. The molecule has 0 unspecified atom stereocenters. The van der Waals surface area contributed by atoms with Crippen LogP contribution in [0.2, 0.25) is 5.15 Å². The molecule has 1 aliphatic heterocycles. The van der Waals surface area contributed by atoms with E-state index in [4.69, 9.17) is 16.6 Å². The number of carbonyl (C=O) groups is 1. The molecule has 4 rings (SSSR count). The van der Waals surface area contributed by atoms with Crippen molar-refractivity contribution in [3.8, 4) is 0 Å². The number of carbonyl (C=O) groups excluding carboxylic acids is 1. The highest BCUT2D eigenvalue weighted by molar-refractivity contribution is 6.29. The summed E-state index contributed by atoms with van der Waals surface area (Å²) in [6.45, 7) is 5.01. The Morgan fingerprint density at radius 2 is 1.81 bits per heavy atom. The molecule has 0 bridgehead atoms. The van der Waals surface area contributed by atoms with Crippen molar-refractivity contribution in [2.45, 2.75) is 32.1 Å². The Bertz CT molecular complexity index is 796. The van der Waals surface area contributed by atoms with Crippen LogP contribution in [0.3, 0.4) is 0 Å². The number of benzene rings is 1. The smallest absolute Gasteiger partial charge is 0.253 e. The summed E-state index contributed by atoms with van der Waals surface area (Å²) in [5.74, 6) is 2.32. The third-order valence-corrected chi connectivity index (χ3v) is 5.33. The lowest BCUT2D eigenvalue weighted by atomic mass is 10.1. The van der Waals surface area contributed by atoms with Crippen molar-refractivity contribution >= 4 is 23.3 Å². The Kier molecular flexibility index (Phi) is 4.81. The molecule has 1 aromatic carbocycles. The van der Waals surface area contributed by atoms with Gasteiger partial charge in [-0.15, -0.1) is 0 Å². The van der Waals surface area contributed by atoms with E-state index in [-0.39, 0.29) is 5.91 Å². The summed E-state index contributed by atoms with van der Waals surface area (Å²) in [5, 5.41) is 0.506. The zero-order chi connectivity index (χ0) is 18.1. The highest BCUT2D eigenvalue weighted by Crippen LogP contribution is 2.39. The molecular formula is C20H23ClN4O. The molecule has 2 aliphatic rings. The molecule has 2 heterocycles. The van der Waals surface area contributed by atoms with E-state index < -0.39 is 0 Å². The van der Waals surface area contributed by atoms with Gasteiger partial charge in [-0.25, -0.2) is 9.97 Å². The predicted octanol–water partition coefficient (Wildman–Crippen LogP) is 3.53. The maximum atomic E-state index is 12.7. The fraction of sp³-hybridized carbons (Fsp3) is 0.450.